The fourth-order valence-corrected chi connectivity index (χ4v) is 3.09. The molecule has 0 atom stereocenters. The Hall–Kier alpha value is -1.70. The first-order valence-corrected chi connectivity index (χ1v) is 8.80. The number of esters is 1. The van der Waals surface area contributed by atoms with Crippen LogP contribution < -0.4 is 0 Å². The van der Waals surface area contributed by atoms with Crippen LogP contribution in [0.1, 0.15) is 42.5 Å². The van der Waals surface area contributed by atoms with Gasteiger partial charge in [-0.05, 0) is 36.7 Å². The number of ether oxygens (including phenoxy) is 1. The number of amides is 1. The van der Waals surface area contributed by atoms with Crippen LogP contribution in [0.2, 0.25) is 0 Å². The Morgan fingerprint density at radius 1 is 1.21 bits per heavy atom. The van der Waals surface area contributed by atoms with Crippen LogP contribution in [0.3, 0.4) is 0 Å². The molecule has 1 amide bonds. The maximum atomic E-state index is 12.5. The van der Waals surface area contributed by atoms with Gasteiger partial charge in [0.2, 0.25) is 0 Å². The van der Waals surface area contributed by atoms with Crippen LogP contribution in [0, 0.1) is 0 Å². The van der Waals surface area contributed by atoms with Crippen molar-refractivity contribution in [1.82, 2.24) is 9.88 Å². The lowest BCUT2D eigenvalue weighted by atomic mass is 10.1. The summed E-state index contributed by atoms with van der Waals surface area (Å²) in [6, 6.07) is 2.83. The first-order valence-electron chi connectivity index (χ1n) is 7.92. The van der Waals surface area contributed by atoms with Crippen molar-refractivity contribution in [3.8, 4) is 0 Å². The molecule has 5 nitrogen and oxygen atoms in total. The smallest absolute Gasteiger partial charge is 0.341 e. The molecule has 0 radical (unpaired) electrons. The van der Waals surface area contributed by atoms with E-state index in [1.54, 1.807) is 4.90 Å². The first kappa shape index (κ1) is 18.6. The van der Waals surface area contributed by atoms with Crippen molar-refractivity contribution in [1.29, 1.82) is 0 Å². The molecular weight excluding hydrogens is 338 g/mol. The van der Waals surface area contributed by atoms with E-state index in [9.17, 15) is 18.4 Å². The molecule has 0 saturated carbocycles. The van der Waals surface area contributed by atoms with E-state index in [0.717, 1.165) is 25.7 Å². The summed E-state index contributed by atoms with van der Waals surface area (Å²) in [4.78, 5) is 29.7. The second-order valence-electron chi connectivity index (χ2n) is 5.46. The number of rotatable bonds is 5. The number of hydrogen-bond acceptors (Lipinski definition) is 5. The monoisotopic (exact) mass is 358 g/mol. The van der Waals surface area contributed by atoms with E-state index in [4.69, 9.17) is 4.74 Å². The number of alkyl halides is 2. The number of nitrogens with zero attached hydrogens (tertiary/aromatic N) is 2. The minimum atomic E-state index is -2.69. The van der Waals surface area contributed by atoms with E-state index in [0.29, 0.717) is 13.1 Å². The number of hydrogen-bond donors (Lipinski definition) is 0. The minimum Gasteiger partial charge on any atom is -0.452 e. The number of thioether (sulfide) groups is 1. The fourth-order valence-electron chi connectivity index (χ4n) is 2.52. The lowest BCUT2D eigenvalue weighted by Gasteiger charge is -2.24. The highest BCUT2D eigenvalue weighted by Crippen LogP contribution is 2.26. The molecule has 24 heavy (non-hydrogen) atoms. The summed E-state index contributed by atoms with van der Waals surface area (Å²) in [5.74, 6) is -3.75. The second kappa shape index (κ2) is 9.56. The van der Waals surface area contributed by atoms with Crippen molar-refractivity contribution in [3.05, 3.63) is 23.9 Å². The maximum Gasteiger partial charge on any atom is 0.341 e. The normalized spacial score (nSPS) is 15.7. The van der Waals surface area contributed by atoms with Gasteiger partial charge >= 0.3 is 5.97 Å². The lowest BCUT2D eigenvalue weighted by molar-refractivity contribution is -0.134. The van der Waals surface area contributed by atoms with Gasteiger partial charge in [0, 0.05) is 19.3 Å². The maximum absolute atomic E-state index is 12.5. The molecule has 0 bridgehead atoms. The molecule has 132 valence electrons. The van der Waals surface area contributed by atoms with Crippen LogP contribution in [-0.4, -0.2) is 47.2 Å². The lowest BCUT2D eigenvalue weighted by Crippen LogP contribution is -2.37. The van der Waals surface area contributed by atoms with E-state index in [-0.39, 0.29) is 34.9 Å². The summed E-state index contributed by atoms with van der Waals surface area (Å²) >= 11 is 0.180. The van der Waals surface area contributed by atoms with Crippen LogP contribution in [0.4, 0.5) is 8.78 Å². The number of aromatic nitrogens is 1. The summed E-state index contributed by atoms with van der Waals surface area (Å²) in [5.41, 5.74) is -0.0525. The largest absolute Gasteiger partial charge is 0.452 e. The molecule has 0 unspecified atom stereocenters. The van der Waals surface area contributed by atoms with Crippen molar-refractivity contribution in [2.45, 2.75) is 42.9 Å². The number of likely N-dealkylation sites (tertiary alicyclic amines) is 1. The van der Waals surface area contributed by atoms with E-state index in [1.165, 1.54) is 24.8 Å². The van der Waals surface area contributed by atoms with Crippen LogP contribution in [0.15, 0.2) is 23.4 Å². The first-order chi connectivity index (χ1) is 11.6. The second-order valence-corrected chi connectivity index (χ2v) is 6.44. The Morgan fingerprint density at radius 2 is 1.88 bits per heavy atom. The molecule has 1 saturated heterocycles. The van der Waals surface area contributed by atoms with E-state index in [1.807, 2.05) is 0 Å². The average molecular weight is 358 g/mol. The Morgan fingerprint density at radius 3 is 2.54 bits per heavy atom. The van der Waals surface area contributed by atoms with Gasteiger partial charge in [-0.25, -0.2) is 9.78 Å². The molecule has 1 aromatic heterocycles. The molecule has 0 aromatic carbocycles. The molecule has 0 spiro atoms. The van der Waals surface area contributed by atoms with E-state index < -0.39 is 11.7 Å². The van der Waals surface area contributed by atoms with Crippen molar-refractivity contribution in [3.63, 3.8) is 0 Å². The van der Waals surface area contributed by atoms with Crippen LogP contribution in [-0.2, 0) is 9.53 Å². The highest BCUT2D eigenvalue weighted by atomic mass is 32.2. The van der Waals surface area contributed by atoms with Crippen LogP contribution in [0.5, 0.6) is 0 Å². The van der Waals surface area contributed by atoms with Crippen molar-refractivity contribution < 1.29 is 23.1 Å². The van der Waals surface area contributed by atoms with Crippen LogP contribution >= 0.6 is 11.8 Å². The van der Waals surface area contributed by atoms with Crippen molar-refractivity contribution in [2.75, 3.05) is 19.7 Å². The number of pyridine rings is 1. The third-order valence-electron chi connectivity index (χ3n) is 3.73. The molecule has 1 aliphatic rings. The Labute approximate surface area is 143 Å². The zero-order valence-corrected chi connectivity index (χ0v) is 14.1. The average Bonchev–Trinajstić information content (AvgIpc) is 2.52. The quantitative estimate of drug-likeness (QED) is 0.597. The van der Waals surface area contributed by atoms with Gasteiger partial charge in [-0.2, -0.15) is 8.78 Å². The molecule has 1 aliphatic heterocycles. The molecule has 1 aromatic rings. The predicted molar refractivity (Wildman–Crippen MR) is 86.0 cm³/mol. The van der Waals surface area contributed by atoms with Gasteiger partial charge in [-0.15, -0.1) is 0 Å². The molecule has 1 fully saturated rings. The van der Waals surface area contributed by atoms with Gasteiger partial charge in [0.1, 0.15) is 5.03 Å². The minimum absolute atomic E-state index is 0.0525. The standard InChI is InChI=1S/C16H20F2N2O3S/c17-16(18)24-14-12(7-6-8-19-14)15(22)23-11-13(21)20-9-4-2-1-3-5-10-20/h6-8,16H,1-5,9-11H2. The third-order valence-corrected chi connectivity index (χ3v) is 4.45. The zero-order valence-electron chi connectivity index (χ0n) is 13.2. The van der Waals surface area contributed by atoms with Gasteiger partial charge in [0.15, 0.2) is 6.61 Å². The van der Waals surface area contributed by atoms with E-state index in [2.05, 4.69) is 4.98 Å². The summed E-state index contributed by atoms with van der Waals surface area (Å²) in [6.45, 7) is 0.942. The summed E-state index contributed by atoms with van der Waals surface area (Å²) < 4.78 is 30.0. The summed E-state index contributed by atoms with van der Waals surface area (Å²) in [7, 11) is 0. The highest BCUT2D eigenvalue weighted by molar-refractivity contribution is 7.99. The van der Waals surface area contributed by atoms with Gasteiger partial charge in [-0.1, -0.05) is 19.3 Å². The zero-order chi connectivity index (χ0) is 17.4. The Kier molecular flexibility index (Phi) is 7.42. The topological polar surface area (TPSA) is 59.5 Å². The predicted octanol–water partition coefficient (Wildman–Crippen LogP) is 3.35. The van der Waals surface area contributed by atoms with Gasteiger partial charge in [-0.3, -0.25) is 4.79 Å². The molecule has 2 rings (SSSR count). The number of carbonyl (C=O) groups is 2. The van der Waals surface area contributed by atoms with Gasteiger partial charge in [0.25, 0.3) is 11.7 Å². The van der Waals surface area contributed by atoms with Crippen LogP contribution in [0.25, 0.3) is 0 Å². The van der Waals surface area contributed by atoms with Crippen molar-refractivity contribution in [2.24, 2.45) is 0 Å². The highest BCUT2D eigenvalue weighted by Gasteiger charge is 2.20. The Balaban J connectivity index is 1.91. The number of halogens is 2. The molecular formula is C16H20F2N2O3S. The number of carbonyl (C=O) groups excluding carboxylic acids is 2. The SMILES string of the molecule is O=C(OCC(=O)N1CCCCCCC1)c1cccnc1SC(F)F. The summed E-state index contributed by atoms with van der Waals surface area (Å²) in [5, 5.41) is -0.101. The van der Waals surface area contributed by atoms with E-state index >= 15 is 0 Å². The van der Waals surface area contributed by atoms with Crippen molar-refractivity contribution >= 4 is 23.6 Å². The van der Waals surface area contributed by atoms with Gasteiger partial charge in [0.05, 0.1) is 5.56 Å². The fraction of sp³-hybridized carbons (Fsp3) is 0.562. The molecule has 2 heterocycles. The molecule has 8 heteroatoms. The molecule has 0 N–H and O–H groups in total. The Bertz CT molecular complexity index is 564. The van der Waals surface area contributed by atoms with Gasteiger partial charge < -0.3 is 9.64 Å². The third kappa shape index (κ3) is 5.74. The molecule has 0 aliphatic carbocycles. The summed E-state index contributed by atoms with van der Waals surface area (Å²) in [6.07, 6.45) is 6.57.